The molecular formula is C11H20N2O2. The third-order valence-corrected chi connectivity index (χ3v) is 2.59. The molecule has 0 unspecified atom stereocenters. The first-order valence-corrected chi connectivity index (χ1v) is 5.52. The Morgan fingerprint density at radius 3 is 2.13 bits per heavy atom. The van der Waals surface area contributed by atoms with Crippen molar-refractivity contribution in [1.82, 2.24) is 10.6 Å². The fourth-order valence-electron chi connectivity index (χ4n) is 1.75. The number of carbonyl (C=O) groups is 2. The molecule has 2 N–H and O–H groups in total. The lowest BCUT2D eigenvalue weighted by molar-refractivity contribution is -0.138. The van der Waals surface area contributed by atoms with Gasteiger partial charge < -0.3 is 10.6 Å². The maximum Gasteiger partial charge on any atom is 0.243 e. The second kappa shape index (κ2) is 4.64. The summed E-state index contributed by atoms with van der Waals surface area (Å²) in [5.41, 5.74) is 0. The number of rotatable bonds is 3. The molecule has 0 aromatic heterocycles. The Kier molecular flexibility index (Phi) is 3.72. The molecular weight excluding hydrogens is 192 g/mol. The zero-order chi connectivity index (χ0) is 11.6. The van der Waals surface area contributed by atoms with Crippen LogP contribution in [0.3, 0.4) is 0 Å². The van der Waals surface area contributed by atoms with Gasteiger partial charge in [0.05, 0.1) is 0 Å². The first-order valence-electron chi connectivity index (χ1n) is 5.52. The van der Waals surface area contributed by atoms with Gasteiger partial charge in [0.25, 0.3) is 0 Å². The third kappa shape index (κ3) is 2.94. The molecule has 4 heteroatoms. The predicted octanol–water partition coefficient (Wildman–Crippen LogP) is 0.672. The molecule has 2 atom stereocenters. The van der Waals surface area contributed by atoms with Gasteiger partial charge in [0.1, 0.15) is 12.1 Å². The molecule has 2 amide bonds. The lowest BCUT2D eigenvalue weighted by atomic mass is 9.96. The van der Waals surface area contributed by atoms with Crippen molar-refractivity contribution in [3.8, 4) is 0 Å². The molecule has 1 rings (SSSR count). The van der Waals surface area contributed by atoms with Crippen molar-refractivity contribution >= 4 is 11.8 Å². The van der Waals surface area contributed by atoms with Gasteiger partial charge >= 0.3 is 0 Å². The minimum absolute atomic E-state index is 0.0537. The van der Waals surface area contributed by atoms with Gasteiger partial charge in [-0.3, -0.25) is 9.59 Å². The van der Waals surface area contributed by atoms with E-state index in [4.69, 9.17) is 0 Å². The largest absolute Gasteiger partial charge is 0.343 e. The first-order chi connectivity index (χ1) is 6.91. The molecule has 0 radical (unpaired) electrons. The second-order valence-corrected chi connectivity index (χ2v) is 4.92. The molecule has 1 aliphatic rings. The van der Waals surface area contributed by atoms with Crippen molar-refractivity contribution in [3.63, 3.8) is 0 Å². The summed E-state index contributed by atoms with van der Waals surface area (Å²) in [7, 11) is 0. The van der Waals surface area contributed by atoms with Crippen LogP contribution in [0.15, 0.2) is 0 Å². The van der Waals surface area contributed by atoms with E-state index in [1.165, 1.54) is 0 Å². The van der Waals surface area contributed by atoms with E-state index in [1.807, 2.05) is 27.7 Å². The van der Waals surface area contributed by atoms with Gasteiger partial charge in [-0.25, -0.2) is 0 Å². The molecule has 0 aliphatic carbocycles. The summed E-state index contributed by atoms with van der Waals surface area (Å²) in [5, 5.41) is 5.55. The van der Waals surface area contributed by atoms with Crippen molar-refractivity contribution < 1.29 is 9.59 Å². The topological polar surface area (TPSA) is 58.2 Å². The van der Waals surface area contributed by atoms with Crippen LogP contribution in [0.5, 0.6) is 0 Å². The van der Waals surface area contributed by atoms with E-state index >= 15 is 0 Å². The fraction of sp³-hybridized carbons (Fsp3) is 0.818. The highest BCUT2D eigenvalue weighted by Gasteiger charge is 2.35. The van der Waals surface area contributed by atoms with Crippen molar-refractivity contribution in [2.45, 2.75) is 46.2 Å². The Balaban J connectivity index is 2.63. The lowest BCUT2D eigenvalue weighted by Crippen LogP contribution is -2.63. The van der Waals surface area contributed by atoms with Gasteiger partial charge in [-0.1, -0.05) is 27.7 Å². The number of piperazine rings is 1. The number of amides is 2. The molecule has 0 saturated carbocycles. The van der Waals surface area contributed by atoms with Crippen LogP contribution < -0.4 is 10.6 Å². The van der Waals surface area contributed by atoms with E-state index in [-0.39, 0.29) is 29.8 Å². The Morgan fingerprint density at radius 1 is 1.07 bits per heavy atom. The zero-order valence-electron chi connectivity index (χ0n) is 9.83. The maximum absolute atomic E-state index is 11.7. The van der Waals surface area contributed by atoms with Gasteiger partial charge in [-0.15, -0.1) is 0 Å². The second-order valence-electron chi connectivity index (χ2n) is 4.92. The number of hydrogen-bond donors (Lipinski definition) is 2. The smallest absolute Gasteiger partial charge is 0.243 e. The molecule has 86 valence electrons. The van der Waals surface area contributed by atoms with Crippen LogP contribution in [0, 0.1) is 11.8 Å². The molecule has 1 heterocycles. The van der Waals surface area contributed by atoms with Crippen molar-refractivity contribution in [3.05, 3.63) is 0 Å². The van der Waals surface area contributed by atoms with Crippen LogP contribution in [-0.4, -0.2) is 23.9 Å². The summed E-state index contributed by atoms with van der Waals surface area (Å²) in [6.45, 7) is 7.92. The van der Waals surface area contributed by atoms with Gasteiger partial charge in [0, 0.05) is 0 Å². The standard InChI is InChI=1S/C11H20N2O2/c1-6(2)5-8-10(14)13-9(7(3)4)11(15)12-8/h6-9H,5H2,1-4H3,(H,12,15)(H,13,14)/t8-,9-/m0/s1. The highest BCUT2D eigenvalue weighted by atomic mass is 16.2. The number of hydrogen-bond acceptors (Lipinski definition) is 2. The first kappa shape index (κ1) is 12.0. The van der Waals surface area contributed by atoms with Gasteiger partial charge in [-0.05, 0) is 18.3 Å². The molecule has 15 heavy (non-hydrogen) atoms. The predicted molar refractivity (Wildman–Crippen MR) is 58.2 cm³/mol. The van der Waals surface area contributed by atoms with E-state index in [9.17, 15) is 9.59 Å². The summed E-state index contributed by atoms with van der Waals surface area (Å²) >= 11 is 0. The summed E-state index contributed by atoms with van der Waals surface area (Å²) in [4.78, 5) is 23.3. The van der Waals surface area contributed by atoms with E-state index in [2.05, 4.69) is 10.6 Å². The molecule has 1 aliphatic heterocycles. The number of nitrogens with one attached hydrogen (secondary N) is 2. The van der Waals surface area contributed by atoms with Crippen molar-refractivity contribution in [1.29, 1.82) is 0 Å². The maximum atomic E-state index is 11.7. The van der Waals surface area contributed by atoms with Crippen molar-refractivity contribution in [2.75, 3.05) is 0 Å². The lowest BCUT2D eigenvalue weighted by Gasteiger charge is -2.32. The van der Waals surface area contributed by atoms with Crippen LogP contribution in [0.25, 0.3) is 0 Å². The molecule has 4 nitrogen and oxygen atoms in total. The van der Waals surface area contributed by atoms with Crippen LogP contribution in [0.2, 0.25) is 0 Å². The summed E-state index contributed by atoms with van der Waals surface area (Å²) < 4.78 is 0. The van der Waals surface area contributed by atoms with E-state index in [0.717, 1.165) is 0 Å². The van der Waals surface area contributed by atoms with E-state index in [1.54, 1.807) is 0 Å². The van der Waals surface area contributed by atoms with Gasteiger partial charge in [-0.2, -0.15) is 0 Å². The van der Waals surface area contributed by atoms with Crippen LogP contribution in [-0.2, 0) is 9.59 Å². The number of carbonyl (C=O) groups excluding carboxylic acids is 2. The van der Waals surface area contributed by atoms with Gasteiger partial charge in [0.2, 0.25) is 11.8 Å². The average Bonchev–Trinajstić information content (AvgIpc) is 2.09. The normalized spacial score (nSPS) is 26.8. The fourth-order valence-corrected chi connectivity index (χ4v) is 1.75. The minimum atomic E-state index is -0.374. The SMILES string of the molecule is CC(C)C[C@@H]1NC(=O)[C@H](C(C)C)NC1=O. The van der Waals surface area contributed by atoms with Crippen LogP contribution >= 0.6 is 0 Å². The zero-order valence-corrected chi connectivity index (χ0v) is 9.83. The molecule has 0 bridgehead atoms. The Labute approximate surface area is 90.8 Å². The molecule has 1 saturated heterocycles. The highest BCUT2D eigenvalue weighted by Crippen LogP contribution is 2.12. The summed E-state index contributed by atoms with van der Waals surface area (Å²) in [5.74, 6) is 0.419. The van der Waals surface area contributed by atoms with E-state index < -0.39 is 0 Å². The quantitative estimate of drug-likeness (QED) is 0.722. The van der Waals surface area contributed by atoms with E-state index in [0.29, 0.717) is 12.3 Å². The third-order valence-electron chi connectivity index (χ3n) is 2.59. The Morgan fingerprint density at radius 2 is 1.67 bits per heavy atom. The molecule has 1 fully saturated rings. The summed E-state index contributed by atoms with van der Waals surface area (Å²) in [6.07, 6.45) is 0.697. The van der Waals surface area contributed by atoms with Crippen molar-refractivity contribution in [2.24, 2.45) is 11.8 Å². The summed E-state index contributed by atoms with van der Waals surface area (Å²) in [6, 6.07) is -0.728. The van der Waals surface area contributed by atoms with Crippen LogP contribution in [0.1, 0.15) is 34.1 Å². The monoisotopic (exact) mass is 212 g/mol. The average molecular weight is 212 g/mol. The molecule has 0 aromatic rings. The molecule has 0 aromatic carbocycles. The Hall–Kier alpha value is -1.06. The molecule has 0 spiro atoms. The highest BCUT2D eigenvalue weighted by molar-refractivity contribution is 5.97. The minimum Gasteiger partial charge on any atom is -0.343 e. The Bertz CT molecular complexity index is 261. The van der Waals surface area contributed by atoms with Crippen LogP contribution in [0.4, 0.5) is 0 Å². The van der Waals surface area contributed by atoms with Gasteiger partial charge in [0.15, 0.2) is 0 Å².